The van der Waals surface area contributed by atoms with Gasteiger partial charge in [-0.15, -0.1) is 11.3 Å². The second-order valence-corrected chi connectivity index (χ2v) is 5.71. The molecule has 4 nitrogen and oxygen atoms in total. The quantitative estimate of drug-likeness (QED) is 0.775. The lowest BCUT2D eigenvalue weighted by Crippen LogP contribution is -2.09. The molecule has 6 heteroatoms. The van der Waals surface area contributed by atoms with Crippen molar-refractivity contribution in [2.45, 2.75) is 13.3 Å². The Hall–Kier alpha value is -2.21. The van der Waals surface area contributed by atoms with Crippen LogP contribution >= 0.6 is 11.3 Å². The molecule has 0 aliphatic carbocycles. The molecule has 0 aliphatic heterocycles. The Morgan fingerprint density at radius 1 is 1.29 bits per heavy atom. The Balaban J connectivity index is 1.73. The zero-order chi connectivity index (χ0) is 14.8. The maximum atomic E-state index is 13.1. The molecule has 0 aliphatic rings. The zero-order valence-electron chi connectivity index (χ0n) is 11.6. The highest BCUT2D eigenvalue weighted by atomic mass is 32.1. The summed E-state index contributed by atoms with van der Waals surface area (Å²) in [5.41, 5.74) is 7.79. The van der Waals surface area contributed by atoms with Crippen LogP contribution in [0.5, 0.6) is 0 Å². The van der Waals surface area contributed by atoms with Crippen LogP contribution in [0, 0.1) is 12.7 Å². The van der Waals surface area contributed by atoms with Crippen LogP contribution in [-0.4, -0.2) is 16.5 Å². The molecule has 21 heavy (non-hydrogen) atoms. The molecule has 0 radical (unpaired) electrons. The maximum Gasteiger partial charge on any atom is 0.223 e. The first-order valence-electron chi connectivity index (χ1n) is 6.63. The topological polar surface area (TPSA) is 63.8 Å². The number of fused-ring (bicyclic) bond motifs is 1. The molecule has 3 aromatic rings. The van der Waals surface area contributed by atoms with E-state index in [9.17, 15) is 4.39 Å². The van der Waals surface area contributed by atoms with Crippen molar-refractivity contribution in [1.29, 1.82) is 0 Å². The Kier molecular flexibility index (Phi) is 3.70. The number of hydrogen-bond acceptors (Lipinski definition) is 5. The van der Waals surface area contributed by atoms with Crippen molar-refractivity contribution in [3.8, 4) is 0 Å². The molecule has 108 valence electrons. The van der Waals surface area contributed by atoms with Gasteiger partial charge in [-0.2, -0.15) is 4.98 Å². The van der Waals surface area contributed by atoms with Crippen LogP contribution in [0.4, 0.5) is 16.2 Å². The van der Waals surface area contributed by atoms with E-state index in [4.69, 9.17) is 5.73 Å². The molecule has 3 N–H and O–H groups in total. The van der Waals surface area contributed by atoms with Gasteiger partial charge in [-0.25, -0.2) is 9.37 Å². The van der Waals surface area contributed by atoms with Gasteiger partial charge in [0.25, 0.3) is 0 Å². The number of anilines is 2. The molecule has 0 fully saturated rings. The van der Waals surface area contributed by atoms with Crippen molar-refractivity contribution in [2.75, 3.05) is 17.6 Å². The van der Waals surface area contributed by atoms with Crippen molar-refractivity contribution in [3.63, 3.8) is 0 Å². The standard InChI is InChI=1S/C15H15FN4S/c1-9-8-11(16)3-2-10(9)4-6-18-13-12-5-7-21-14(12)20-15(17)19-13/h2-3,5,7-8H,4,6H2,1H3,(H3,17,18,19,20). The van der Waals surface area contributed by atoms with E-state index in [0.717, 1.165) is 33.6 Å². The lowest BCUT2D eigenvalue weighted by Gasteiger charge is -2.09. The maximum absolute atomic E-state index is 13.1. The summed E-state index contributed by atoms with van der Waals surface area (Å²) in [7, 11) is 0. The predicted octanol–water partition coefficient (Wildman–Crippen LogP) is 3.38. The van der Waals surface area contributed by atoms with E-state index < -0.39 is 0 Å². The van der Waals surface area contributed by atoms with E-state index in [-0.39, 0.29) is 11.8 Å². The van der Waals surface area contributed by atoms with Crippen molar-refractivity contribution in [2.24, 2.45) is 0 Å². The first kappa shape index (κ1) is 13.8. The fraction of sp³-hybridized carbons (Fsp3) is 0.200. The molecule has 0 saturated carbocycles. The van der Waals surface area contributed by atoms with Gasteiger partial charge in [-0.3, -0.25) is 0 Å². The molecule has 2 aromatic heterocycles. The van der Waals surface area contributed by atoms with Crippen LogP contribution in [0.1, 0.15) is 11.1 Å². The Bertz CT molecular complexity index is 784. The van der Waals surface area contributed by atoms with Crippen LogP contribution < -0.4 is 11.1 Å². The van der Waals surface area contributed by atoms with E-state index in [0.29, 0.717) is 6.54 Å². The highest BCUT2D eigenvalue weighted by Crippen LogP contribution is 2.25. The number of nitrogens with one attached hydrogen (secondary N) is 1. The van der Waals surface area contributed by atoms with Gasteiger partial charge in [0.2, 0.25) is 5.95 Å². The molecular formula is C15H15FN4S. The Morgan fingerprint density at radius 3 is 2.95 bits per heavy atom. The molecule has 1 aromatic carbocycles. The second-order valence-electron chi connectivity index (χ2n) is 4.82. The van der Waals surface area contributed by atoms with Crippen molar-refractivity contribution in [3.05, 3.63) is 46.6 Å². The van der Waals surface area contributed by atoms with E-state index in [1.54, 1.807) is 6.07 Å². The number of halogens is 1. The van der Waals surface area contributed by atoms with Crippen LogP contribution in [0.2, 0.25) is 0 Å². The Labute approximate surface area is 125 Å². The largest absolute Gasteiger partial charge is 0.369 e. The minimum absolute atomic E-state index is 0.201. The molecule has 3 rings (SSSR count). The first-order valence-corrected chi connectivity index (χ1v) is 7.51. The highest BCUT2D eigenvalue weighted by molar-refractivity contribution is 7.16. The minimum Gasteiger partial charge on any atom is -0.369 e. The number of thiophene rings is 1. The van der Waals surface area contributed by atoms with E-state index in [1.165, 1.54) is 17.4 Å². The van der Waals surface area contributed by atoms with E-state index >= 15 is 0 Å². The lowest BCUT2D eigenvalue weighted by atomic mass is 10.1. The predicted molar refractivity (Wildman–Crippen MR) is 85.2 cm³/mol. The summed E-state index contributed by atoms with van der Waals surface area (Å²) in [6.07, 6.45) is 0.793. The average Bonchev–Trinajstić information content (AvgIpc) is 2.89. The van der Waals surface area contributed by atoms with Crippen LogP contribution in [0.15, 0.2) is 29.6 Å². The fourth-order valence-corrected chi connectivity index (χ4v) is 3.03. The number of nitrogen functional groups attached to an aromatic ring is 1. The summed E-state index contributed by atoms with van der Waals surface area (Å²) in [5.74, 6) is 0.816. The molecular weight excluding hydrogens is 287 g/mol. The zero-order valence-corrected chi connectivity index (χ0v) is 12.4. The molecule has 0 spiro atoms. The highest BCUT2D eigenvalue weighted by Gasteiger charge is 2.07. The molecule has 0 bridgehead atoms. The summed E-state index contributed by atoms with van der Waals surface area (Å²) < 4.78 is 13.1. The van der Waals surface area contributed by atoms with Gasteiger partial charge >= 0.3 is 0 Å². The number of nitrogens with zero attached hydrogens (tertiary/aromatic N) is 2. The van der Waals surface area contributed by atoms with Gasteiger partial charge in [0.05, 0.1) is 5.39 Å². The minimum atomic E-state index is -0.201. The van der Waals surface area contributed by atoms with Crippen molar-refractivity contribution in [1.82, 2.24) is 9.97 Å². The van der Waals surface area contributed by atoms with Crippen molar-refractivity contribution < 1.29 is 4.39 Å². The summed E-state index contributed by atoms with van der Waals surface area (Å²) >= 11 is 1.54. The number of aryl methyl sites for hydroxylation is 1. The van der Waals surface area contributed by atoms with Gasteiger partial charge in [-0.1, -0.05) is 6.07 Å². The third-order valence-electron chi connectivity index (χ3n) is 3.33. The van der Waals surface area contributed by atoms with Gasteiger partial charge in [-0.05, 0) is 48.1 Å². The first-order chi connectivity index (χ1) is 10.1. The average molecular weight is 302 g/mol. The number of hydrogen-bond donors (Lipinski definition) is 2. The fourth-order valence-electron chi connectivity index (χ4n) is 2.26. The van der Waals surface area contributed by atoms with Crippen molar-refractivity contribution >= 4 is 33.3 Å². The summed E-state index contributed by atoms with van der Waals surface area (Å²) in [6, 6.07) is 6.84. The molecule has 0 unspecified atom stereocenters. The van der Waals surface area contributed by atoms with E-state index in [2.05, 4.69) is 15.3 Å². The monoisotopic (exact) mass is 302 g/mol. The van der Waals surface area contributed by atoms with Gasteiger partial charge in [0.15, 0.2) is 0 Å². The molecule has 2 heterocycles. The number of rotatable bonds is 4. The number of aromatic nitrogens is 2. The number of nitrogens with two attached hydrogens (primary N) is 1. The van der Waals surface area contributed by atoms with Crippen LogP contribution in [0.25, 0.3) is 10.2 Å². The van der Waals surface area contributed by atoms with Crippen LogP contribution in [-0.2, 0) is 6.42 Å². The third-order valence-corrected chi connectivity index (χ3v) is 4.14. The third kappa shape index (κ3) is 2.95. The molecule has 0 saturated heterocycles. The smallest absolute Gasteiger partial charge is 0.223 e. The second kappa shape index (κ2) is 5.65. The van der Waals surface area contributed by atoms with E-state index in [1.807, 2.05) is 24.4 Å². The van der Waals surface area contributed by atoms with Gasteiger partial charge in [0, 0.05) is 6.54 Å². The van der Waals surface area contributed by atoms with Gasteiger partial charge < -0.3 is 11.1 Å². The lowest BCUT2D eigenvalue weighted by molar-refractivity contribution is 0.625. The molecule has 0 atom stereocenters. The summed E-state index contributed by atoms with van der Waals surface area (Å²) in [6.45, 7) is 2.62. The normalized spacial score (nSPS) is 11.0. The van der Waals surface area contributed by atoms with Crippen LogP contribution in [0.3, 0.4) is 0 Å². The Morgan fingerprint density at radius 2 is 2.14 bits per heavy atom. The molecule has 0 amide bonds. The number of benzene rings is 1. The SMILES string of the molecule is Cc1cc(F)ccc1CCNc1nc(N)nc2sccc12. The summed E-state index contributed by atoms with van der Waals surface area (Å²) in [5, 5.41) is 6.23. The summed E-state index contributed by atoms with van der Waals surface area (Å²) in [4.78, 5) is 9.31. The van der Waals surface area contributed by atoms with Gasteiger partial charge in [0.1, 0.15) is 16.5 Å².